The Kier molecular flexibility index (Phi) is 4.30. The van der Waals surface area contributed by atoms with Crippen LogP contribution in [0.5, 0.6) is 0 Å². The van der Waals surface area contributed by atoms with Crippen LogP contribution in [0.1, 0.15) is 27.7 Å². The van der Waals surface area contributed by atoms with Crippen LogP contribution in [0.4, 0.5) is 0 Å². The summed E-state index contributed by atoms with van der Waals surface area (Å²) >= 11 is 11.3. The minimum Gasteiger partial charge on any atom is -0.343 e. The average molecular weight is 264 g/mol. The lowest BCUT2D eigenvalue weighted by molar-refractivity contribution is -0.133. The van der Waals surface area contributed by atoms with E-state index in [0.29, 0.717) is 0 Å². The fraction of sp³-hybridized carbons (Fsp3) is 0.750. The average Bonchev–Trinajstić information content (AvgIpc) is 2.68. The van der Waals surface area contributed by atoms with Gasteiger partial charge >= 0.3 is 0 Å². The van der Waals surface area contributed by atoms with Crippen molar-refractivity contribution in [3.63, 3.8) is 0 Å². The summed E-state index contributed by atoms with van der Waals surface area (Å²) in [5.74, 6) is 0.413. The molecule has 0 radical (unpaired) electrons. The third-order valence-electron chi connectivity index (χ3n) is 3.56. The lowest BCUT2D eigenvalue weighted by Crippen LogP contribution is -2.33. The van der Waals surface area contributed by atoms with Crippen molar-refractivity contribution in [2.75, 3.05) is 13.1 Å². The highest BCUT2D eigenvalue weighted by atomic mass is 35.5. The number of carbonyl (C=O) groups excluding carboxylic acids is 1. The van der Waals surface area contributed by atoms with Crippen molar-refractivity contribution in [2.45, 2.75) is 27.7 Å². The summed E-state index contributed by atoms with van der Waals surface area (Å²) in [5.41, 5.74) is -0.0191. The molecule has 0 aromatic heterocycles. The number of amides is 1. The van der Waals surface area contributed by atoms with Crippen LogP contribution in [0.3, 0.4) is 0 Å². The van der Waals surface area contributed by atoms with Crippen LogP contribution in [0.2, 0.25) is 0 Å². The molecule has 4 heteroatoms. The summed E-state index contributed by atoms with van der Waals surface area (Å²) in [5, 5.41) is 0. The molecule has 0 aliphatic heterocycles. The normalized spacial score (nSPS) is 26.1. The van der Waals surface area contributed by atoms with Crippen LogP contribution >= 0.6 is 23.2 Å². The van der Waals surface area contributed by atoms with Gasteiger partial charge in [-0.2, -0.15) is 0 Å². The Morgan fingerprint density at radius 2 is 1.81 bits per heavy atom. The van der Waals surface area contributed by atoms with Crippen LogP contribution in [0.15, 0.2) is 10.6 Å². The van der Waals surface area contributed by atoms with Crippen molar-refractivity contribution in [3.05, 3.63) is 10.6 Å². The second-order valence-corrected chi connectivity index (χ2v) is 5.80. The largest absolute Gasteiger partial charge is 0.343 e. The monoisotopic (exact) mass is 263 g/mol. The quantitative estimate of drug-likeness (QED) is 0.761. The van der Waals surface area contributed by atoms with E-state index < -0.39 is 0 Å². The van der Waals surface area contributed by atoms with Gasteiger partial charge in [0, 0.05) is 13.1 Å². The maximum Gasteiger partial charge on any atom is 0.226 e. The molecule has 0 spiro atoms. The van der Waals surface area contributed by atoms with Crippen molar-refractivity contribution in [1.29, 1.82) is 0 Å². The van der Waals surface area contributed by atoms with Gasteiger partial charge in [0.2, 0.25) is 5.91 Å². The van der Waals surface area contributed by atoms with E-state index in [-0.39, 0.29) is 27.6 Å². The molecule has 1 saturated carbocycles. The molecule has 1 aliphatic carbocycles. The van der Waals surface area contributed by atoms with Crippen molar-refractivity contribution in [1.82, 2.24) is 4.90 Å². The summed E-state index contributed by atoms with van der Waals surface area (Å²) < 4.78 is 0.257. The molecule has 0 unspecified atom stereocenters. The SMILES string of the molecule is CCN(CC)C(=O)[C@@H]1[C@H](C=C(Cl)Cl)C1(C)C. The van der Waals surface area contributed by atoms with Crippen LogP contribution in [-0.2, 0) is 4.79 Å². The van der Waals surface area contributed by atoms with E-state index in [2.05, 4.69) is 13.8 Å². The van der Waals surface area contributed by atoms with E-state index in [1.54, 1.807) is 6.08 Å². The number of hydrogen-bond donors (Lipinski definition) is 0. The molecule has 0 saturated heterocycles. The maximum atomic E-state index is 12.2. The van der Waals surface area contributed by atoms with Gasteiger partial charge < -0.3 is 4.90 Å². The van der Waals surface area contributed by atoms with Crippen molar-refractivity contribution in [3.8, 4) is 0 Å². The Bertz CT molecular complexity index is 304. The van der Waals surface area contributed by atoms with Gasteiger partial charge in [-0.05, 0) is 31.3 Å². The fourth-order valence-electron chi connectivity index (χ4n) is 2.33. The predicted molar refractivity (Wildman–Crippen MR) is 68.5 cm³/mol. The first kappa shape index (κ1) is 13.9. The van der Waals surface area contributed by atoms with Crippen LogP contribution in [0, 0.1) is 17.3 Å². The molecule has 1 rings (SSSR count). The molecule has 0 N–H and O–H groups in total. The first-order valence-electron chi connectivity index (χ1n) is 5.67. The highest BCUT2D eigenvalue weighted by molar-refractivity contribution is 6.55. The van der Waals surface area contributed by atoms with Gasteiger partial charge in [-0.15, -0.1) is 0 Å². The lowest BCUT2D eigenvalue weighted by atomic mass is 10.1. The summed E-state index contributed by atoms with van der Waals surface area (Å²) in [6.45, 7) is 9.67. The molecule has 0 bridgehead atoms. The fourth-order valence-corrected chi connectivity index (χ4v) is 2.60. The zero-order valence-electron chi connectivity index (χ0n) is 10.3. The maximum absolute atomic E-state index is 12.2. The molecular weight excluding hydrogens is 245 g/mol. The number of rotatable bonds is 4. The molecule has 1 amide bonds. The molecule has 0 aromatic carbocycles. The van der Waals surface area contributed by atoms with Crippen LogP contribution in [0.25, 0.3) is 0 Å². The van der Waals surface area contributed by atoms with E-state index in [4.69, 9.17) is 23.2 Å². The van der Waals surface area contributed by atoms with Gasteiger partial charge in [0.25, 0.3) is 0 Å². The summed E-state index contributed by atoms with van der Waals surface area (Å²) in [7, 11) is 0. The van der Waals surface area contributed by atoms with Gasteiger partial charge in [0.15, 0.2) is 0 Å². The number of carbonyl (C=O) groups is 1. The van der Waals surface area contributed by atoms with E-state index in [9.17, 15) is 4.79 Å². The molecule has 92 valence electrons. The molecule has 0 aromatic rings. The van der Waals surface area contributed by atoms with Gasteiger partial charge in [-0.1, -0.05) is 37.0 Å². The second kappa shape index (κ2) is 4.97. The number of allylic oxidation sites excluding steroid dienone is 1. The van der Waals surface area contributed by atoms with Crippen molar-refractivity contribution in [2.24, 2.45) is 17.3 Å². The van der Waals surface area contributed by atoms with Crippen LogP contribution in [-0.4, -0.2) is 23.9 Å². The highest BCUT2D eigenvalue weighted by Crippen LogP contribution is 2.60. The second-order valence-electron chi connectivity index (χ2n) is 4.79. The Morgan fingerprint density at radius 3 is 2.19 bits per heavy atom. The summed E-state index contributed by atoms with van der Waals surface area (Å²) in [4.78, 5) is 14.0. The Labute approximate surface area is 108 Å². The molecule has 16 heavy (non-hydrogen) atoms. The smallest absolute Gasteiger partial charge is 0.226 e. The lowest BCUT2D eigenvalue weighted by Gasteiger charge is -2.19. The van der Waals surface area contributed by atoms with Gasteiger partial charge in [0.1, 0.15) is 4.49 Å². The standard InChI is InChI=1S/C12H19Cl2NO/c1-5-15(6-2)11(16)10-8(7-9(13)14)12(10,3)4/h7-8,10H,5-6H2,1-4H3/t8-,10-/m0/s1. The Morgan fingerprint density at radius 1 is 1.31 bits per heavy atom. The third-order valence-corrected chi connectivity index (χ3v) is 3.81. The van der Waals surface area contributed by atoms with Crippen LogP contribution < -0.4 is 0 Å². The highest BCUT2D eigenvalue weighted by Gasteiger charge is 2.61. The number of halogens is 2. The molecule has 1 aliphatic rings. The summed E-state index contributed by atoms with van der Waals surface area (Å²) in [6, 6.07) is 0. The number of nitrogens with zero attached hydrogens (tertiary/aromatic N) is 1. The molecule has 2 nitrogen and oxygen atoms in total. The topological polar surface area (TPSA) is 20.3 Å². The van der Waals surface area contributed by atoms with E-state index >= 15 is 0 Å². The third kappa shape index (κ3) is 2.54. The first-order chi connectivity index (χ1) is 7.36. The van der Waals surface area contributed by atoms with Gasteiger partial charge in [0.05, 0.1) is 5.92 Å². The van der Waals surface area contributed by atoms with Gasteiger partial charge in [-0.25, -0.2) is 0 Å². The van der Waals surface area contributed by atoms with E-state index in [0.717, 1.165) is 13.1 Å². The van der Waals surface area contributed by atoms with E-state index in [1.165, 1.54) is 0 Å². The summed E-state index contributed by atoms with van der Waals surface area (Å²) in [6.07, 6.45) is 1.79. The zero-order valence-corrected chi connectivity index (χ0v) is 11.8. The molecule has 1 fully saturated rings. The predicted octanol–water partition coefficient (Wildman–Crippen LogP) is 3.45. The van der Waals surface area contributed by atoms with Gasteiger partial charge in [-0.3, -0.25) is 4.79 Å². The van der Waals surface area contributed by atoms with Crippen molar-refractivity contribution < 1.29 is 4.79 Å². The van der Waals surface area contributed by atoms with E-state index in [1.807, 2.05) is 18.7 Å². The minimum atomic E-state index is -0.0191. The Balaban J connectivity index is 2.76. The zero-order chi connectivity index (χ0) is 12.5. The Hall–Kier alpha value is -0.210. The molecular formula is C12H19Cl2NO. The first-order valence-corrected chi connectivity index (χ1v) is 6.43. The molecule has 2 atom stereocenters. The number of hydrogen-bond acceptors (Lipinski definition) is 1. The minimum absolute atomic E-state index is 0.0191. The van der Waals surface area contributed by atoms with Crippen molar-refractivity contribution >= 4 is 29.1 Å². The molecule has 0 heterocycles.